The molecule has 0 unspecified atom stereocenters. The normalized spacial score (nSPS) is 14.1. The van der Waals surface area contributed by atoms with Gasteiger partial charge in [0.1, 0.15) is 4.88 Å². The number of rotatable bonds is 5. The van der Waals surface area contributed by atoms with Gasteiger partial charge in [0.05, 0.1) is 17.0 Å². The fourth-order valence-electron chi connectivity index (χ4n) is 3.77. The summed E-state index contributed by atoms with van der Waals surface area (Å²) in [7, 11) is -3.28. The highest BCUT2D eigenvalue weighted by atomic mass is 32.2. The molecule has 1 N–H and O–H groups in total. The fourth-order valence-corrected chi connectivity index (χ4v) is 5.38. The molecule has 7 nitrogen and oxygen atoms in total. The molecular formula is C25H27N3O4S2. The highest BCUT2D eigenvalue weighted by molar-refractivity contribution is 7.90. The van der Waals surface area contributed by atoms with Gasteiger partial charge in [-0.05, 0) is 40.8 Å². The van der Waals surface area contributed by atoms with Crippen molar-refractivity contribution in [1.29, 1.82) is 0 Å². The summed E-state index contributed by atoms with van der Waals surface area (Å²) < 4.78 is 23.2. The van der Waals surface area contributed by atoms with E-state index >= 15 is 0 Å². The maximum atomic E-state index is 13.1. The highest BCUT2D eigenvalue weighted by Crippen LogP contribution is 2.32. The van der Waals surface area contributed by atoms with Gasteiger partial charge >= 0.3 is 0 Å². The largest absolute Gasteiger partial charge is 0.307 e. The molecule has 0 bridgehead atoms. The van der Waals surface area contributed by atoms with Crippen molar-refractivity contribution < 1.29 is 18.0 Å². The van der Waals surface area contributed by atoms with Crippen LogP contribution in [0.2, 0.25) is 0 Å². The molecule has 9 heteroatoms. The molecule has 0 saturated heterocycles. The predicted octanol–water partition coefficient (Wildman–Crippen LogP) is 4.23. The molecular weight excluding hydrogens is 470 g/mol. The maximum Gasteiger partial charge on any atom is 0.270 e. The van der Waals surface area contributed by atoms with Crippen molar-refractivity contribution in [1.82, 2.24) is 4.98 Å². The minimum atomic E-state index is -3.28. The Hall–Kier alpha value is -3.04. The average Bonchev–Trinajstić information content (AvgIpc) is 3.16. The van der Waals surface area contributed by atoms with E-state index in [1.54, 1.807) is 17.0 Å². The first-order chi connectivity index (χ1) is 15.9. The van der Waals surface area contributed by atoms with Crippen LogP contribution < -0.4 is 10.2 Å². The molecule has 1 aliphatic heterocycles. The zero-order valence-electron chi connectivity index (χ0n) is 19.6. The molecule has 1 aromatic heterocycles. The Kier molecular flexibility index (Phi) is 6.35. The SMILES string of the molecule is CC(C)(C)c1ccc(N2CCc3nc(NC(=O)Cc4ccc(S(C)(=O)=O)cc4)sc3C2=O)cc1. The number of nitrogens with one attached hydrogen (secondary N) is 1. The van der Waals surface area contributed by atoms with E-state index in [1.807, 2.05) is 12.1 Å². The number of hydrogen-bond donors (Lipinski definition) is 1. The lowest BCUT2D eigenvalue weighted by atomic mass is 9.87. The molecule has 0 spiro atoms. The van der Waals surface area contributed by atoms with Gasteiger partial charge in [-0.2, -0.15) is 0 Å². The number of nitrogens with zero attached hydrogens (tertiary/aromatic N) is 2. The number of carbonyl (C=O) groups is 2. The number of benzene rings is 2. The van der Waals surface area contributed by atoms with Crippen LogP contribution in [-0.4, -0.2) is 38.0 Å². The predicted molar refractivity (Wildman–Crippen MR) is 135 cm³/mol. The number of thiazole rings is 1. The van der Waals surface area contributed by atoms with Crippen LogP contribution in [0.1, 0.15) is 47.3 Å². The van der Waals surface area contributed by atoms with Gasteiger partial charge in [0.25, 0.3) is 5.91 Å². The lowest BCUT2D eigenvalue weighted by molar-refractivity contribution is -0.115. The highest BCUT2D eigenvalue weighted by Gasteiger charge is 2.30. The number of hydrogen-bond acceptors (Lipinski definition) is 6. The summed E-state index contributed by atoms with van der Waals surface area (Å²) in [5, 5.41) is 3.16. The lowest BCUT2D eigenvalue weighted by Crippen LogP contribution is -2.36. The second kappa shape index (κ2) is 8.96. The number of amides is 2. The molecule has 0 aliphatic carbocycles. The van der Waals surface area contributed by atoms with Gasteiger partial charge in [-0.15, -0.1) is 0 Å². The van der Waals surface area contributed by atoms with E-state index in [0.717, 1.165) is 11.9 Å². The zero-order valence-corrected chi connectivity index (χ0v) is 21.2. The van der Waals surface area contributed by atoms with Crippen LogP contribution in [0.4, 0.5) is 10.8 Å². The van der Waals surface area contributed by atoms with Gasteiger partial charge in [0.15, 0.2) is 15.0 Å². The molecule has 1 aliphatic rings. The molecule has 0 saturated carbocycles. The maximum absolute atomic E-state index is 13.1. The van der Waals surface area contributed by atoms with E-state index in [-0.39, 0.29) is 28.5 Å². The lowest BCUT2D eigenvalue weighted by Gasteiger charge is -2.27. The van der Waals surface area contributed by atoms with Gasteiger partial charge < -0.3 is 10.2 Å². The molecule has 2 aromatic carbocycles. The molecule has 0 radical (unpaired) electrons. The summed E-state index contributed by atoms with van der Waals surface area (Å²) in [6.07, 6.45) is 1.83. The molecule has 2 heterocycles. The number of sulfone groups is 1. The van der Waals surface area contributed by atoms with Crippen LogP contribution in [0.15, 0.2) is 53.4 Å². The summed E-state index contributed by atoms with van der Waals surface area (Å²) in [5.74, 6) is -0.389. The Morgan fingerprint density at radius 3 is 2.32 bits per heavy atom. The van der Waals surface area contributed by atoms with Crippen molar-refractivity contribution >= 4 is 43.8 Å². The Bertz CT molecular complexity index is 1340. The van der Waals surface area contributed by atoms with Gasteiger partial charge in [0.2, 0.25) is 5.91 Å². The van der Waals surface area contributed by atoms with E-state index in [2.05, 4.69) is 43.2 Å². The summed E-state index contributed by atoms with van der Waals surface area (Å²) in [4.78, 5) is 32.6. The molecule has 3 aromatic rings. The summed E-state index contributed by atoms with van der Waals surface area (Å²) >= 11 is 1.18. The second-order valence-corrected chi connectivity index (χ2v) is 12.5. The minimum absolute atomic E-state index is 0.0398. The smallest absolute Gasteiger partial charge is 0.270 e. The third-order valence-electron chi connectivity index (χ3n) is 5.72. The van der Waals surface area contributed by atoms with Crippen LogP contribution >= 0.6 is 11.3 Å². The number of carbonyl (C=O) groups excluding carboxylic acids is 2. The van der Waals surface area contributed by atoms with Crippen LogP contribution in [0, 0.1) is 0 Å². The second-order valence-electron chi connectivity index (χ2n) is 9.44. The molecule has 4 rings (SSSR count). The molecule has 34 heavy (non-hydrogen) atoms. The van der Waals surface area contributed by atoms with Crippen LogP contribution in [0.5, 0.6) is 0 Å². The van der Waals surface area contributed by atoms with E-state index in [4.69, 9.17) is 0 Å². The summed E-state index contributed by atoms with van der Waals surface area (Å²) in [6, 6.07) is 14.3. The molecule has 0 atom stereocenters. The van der Waals surface area contributed by atoms with Crippen molar-refractivity contribution in [3.8, 4) is 0 Å². The van der Waals surface area contributed by atoms with Crippen molar-refractivity contribution in [2.24, 2.45) is 0 Å². The topological polar surface area (TPSA) is 96.4 Å². The van der Waals surface area contributed by atoms with Crippen molar-refractivity contribution in [2.45, 2.75) is 43.9 Å². The summed E-state index contributed by atoms with van der Waals surface area (Å²) in [6.45, 7) is 6.99. The number of aromatic nitrogens is 1. The van der Waals surface area contributed by atoms with E-state index in [9.17, 15) is 18.0 Å². The Morgan fingerprint density at radius 1 is 1.09 bits per heavy atom. The van der Waals surface area contributed by atoms with Gasteiger partial charge in [-0.3, -0.25) is 9.59 Å². The third kappa shape index (κ3) is 5.20. The first-order valence-corrected chi connectivity index (χ1v) is 13.6. The molecule has 2 amide bonds. The Morgan fingerprint density at radius 2 is 1.74 bits per heavy atom. The van der Waals surface area contributed by atoms with Gasteiger partial charge in [0, 0.05) is 24.9 Å². The van der Waals surface area contributed by atoms with E-state index < -0.39 is 9.84 Å². The fraction of sp³-hybridized carbons (Fsp3) is 0.320. The van der Waals surface area contributed by atoms with Gasteiger partial charge in [-0.25, -0.2) is 13.4 Å². The van der Waals surface area contributed by atoms with Crippen LogP contribution in [0.25, 0.3) is 0 Å². The monoisotopic (exact) mass is 497 g/mol. The standard InChI is InChI=1S/C25H27N3O4S2/c1-25(2,3)17-7-9-18(10-8-17)28-14-13-20-22(23(28)30)33-24(26-20)27-21(29)15-16-5-11-19(12-6-16)34(4,31)32/h5-12H,13-15H2,1-4H3,(H,26,27,29). The van der Waals surface area contributed by atoms with Gasteiger partial charge in [-0.1, -0.05) is 56.4 Å². The van der Waals surface area contributed by atoms with E-state index in [1.165, 1.54) is 29.0 Å². The number of fused-ring (bicyclic) bond motifs is 1. The van der Waals surface area contributed by atoms with E-state index in [0.29, 0.717) is 34.2 Å². The number of anilines is 2. The molecule has 0 fully saturated rings. The van der Waals surface area contributed by atoms with Crippen LogP contribution in [-0.2, 0) is 32.9 Å². The first kappa shape index (κ1) is 24.1. The summed E-state index contributed by atoms with van der Waals surface area (Å²) in [5.41, 5.74) is 3.48. The Labute approximate surface area is 203 Å². The Balaban J connectivity index is 1.44. The minimum Gasteiger partial charge on any atom is -0.307 e. The van der Waals surface area contributed by atoms with Crippen molar-refractivity contribution in [2.75, 3.05) is 23.0 Å². The quantitative estimate of drug-likeness (QED) is 0.569. The zero-order chi connectivity index (χ0) is 24.7. The molecule has 178 valence electrons. The van der Waals surface area contributed by atoms with Crippen molar-refractivity contribution in [3.05, 3.63) is 70.2 Å². The first-order valence-electron chi connectivity index (χ1n) is 10.9. The van der Waals surface area contributed by atoms with Crippen molar-refractivity contribution in [3.63, 3.8) is 0 Å². The van der Waals surface area contributed by atoms with Crippen LogP contribution in [0.3, 0.4) is 0 Å². The third-order valence-corrected chi connectivity index (χ3v) is 7.85. The average molecular weight is 498 g/mol.